The molecule has 21 heavy (non-hydrogen) atoms. The monoisotopic (exact) mass is 307 g/mol. The molecule has 0 spiro atoms. The molecule has 0 heterocycles. The Kier molecular flexibility index (Phi) is 4.23. The van der Waals surface area contributed by atoms with Gasteiger partial charge in [-0.15, -0.1) is 0 Å². The van der Waals surface area contributed by atoms with Crippen LogP contribution in [0.3, 0.4) is 0 Å². The van der Waals surface area contributed by atoms with E-state index in [1.807, 2.05) is 0 Å². The molecule has 0 aliphatic heterocycles. The van der Waals surface area contributed by atoms with Gasteiger partial charge in [0.25, 0.3) is 5.91 Å². The van der Waals surface area contributed by atoms with Crippen LogP contribution in [0.2, 0.25) is 5.02 Å². The second-order valence-electron chi connectivity index (χ2n) is 4.41. The van der Waals surface area contributed by atoms with E-state index in [0.29, 0.717) is 5.56 Å². The third kappa shape index (κ3) is 3.38. The van der Waals surface area contributed by atoms with Crippen molar-refractivity contribution in [3.05, 3.63) is 63.9 Å². The highest BCUT2D eigenvalue weighted by molar-refractivity contribution is 6.34. The number of benzene rings is 2. The van der Waals surface area contributed by atoms with Gasteiger partial charge in [-0.3, -0.25) is 4.79 Å². The topological polar surface area (TPSA) is 66.4 Å². The number of halogens is 2. The predicted molar refractivity (Wildman–Crippen MR) is 77.5 cm³/mol. The lowest BCUT2D eigenvalue weighted by Gasteiger charge is -2.10. The Bertz CT molecular complexity index is 731. The molecule has 1 amide bonds. The first-order valence-electron chi connectivity index (χ1n) is 5.99. The van der Waals surface area contributed by atoms with Crippen LogP contribution in [-0.2, 0) is 0 Å². The minimum Gasteiger partial charge on any atom is -0.478 e. The third-order valence-corrected chi connectivity index (χ3v) is 3.22. The van der Waals surface area contributed by atoms with E-state index in [0.717, 1.165) is 6.07 Å². The van der Waals surface area contributed by atoms with Crippen LogP contribution in [0.15, 0.2) is 36.4 Å². The minimum atomic E-state index is -1.12. The van der Waals surface area contributed by atoms with E-state index in [9.17, 15) is 14.0 Å². The Morgan fingerprint density at radius 2 is 1.90 bits per heavy atom. The Morgan fingerprint density at radius 3 is 2.52 bits per heavy atom. The van der Waals surface area contributed by atoms with Gasteiger partial charge in [0.05, 0.1) is 16.3 Å². The maximum atomic E-state index is 13.2. The number of amides is 1. The van der Waals surface area contributed by atoms with E-state index >= 15 is 0 Å². The highest BCUT2D eigenvalue weighted by Crippen LogP contribution is 2.24. The Labute approximate surface area is 125 Å². The van der Waals surface area contributed by atoms with Crippen LogP contribution in [0, 0.1) is 12.7 Å². The van der Waals surface area contributed by atoms with Crippen molar-refractivity contribution in [1.29, 1.82) is 0 Å². The van der Waals surface area contributed by atoms with Gasteiger partial charge in [0, 0.05) is 5.56 Å². The van der Waals surface area contributed by atoms with Crippen molar-refractivity contribution in [2.24, 2.45) is 0 Å². The van der Waals surface area contributed by atoms with Crippen molar-refractivity contribution in [2.45, 2.75) is 6.92 Å². The normalized spacial score (nSPS) is 10.2. The Balaban J connectivity index is 2.27. The molecular weight excluding hydrogens is 297 g/mol. The Hall–Kier alpha value is -2.40. The zero-order valence-corrected chi connectivity index (χ0v) is 11.7. The van der Waals surface area contributed by atoms with Crippen LogP contribution in [-0.4, -0.2) is 17.0 Å². The molecule has 2 N–H and O–H groups in total. The van der Waals surface area contributed by atoms with Gasteiger partial charge in [0.2, 0.25) is 0 Å². The summed E-state index contributed by atoms with van der Waals surface area (Å²) in [5.41, 5.74) is 1.08. The van der Waals surface area contributed by atoms with E-state index in [4.69, 9.17) is 16.7 Å². The zero-order valence-electron chi connectivity index (χ0n) is 11.0. The molecule has 0 aliphatic carbocycles. The molecule has 0 aromatic heterocycles. The first-order valence-corrected chi connectivity index (χ1v) is 6.36. The van der Waals surface area contributed by atoms with Crippen LogP contribution < -0.4 is 5.32 Å². The summed E-state index contributed by atoms with van der Waals surface area (Å²) >= 11 is 5.92. The highest BCUT2D eigenvalue weighted by Gasteiger charge is 2.13. The molecule has 0 saturated heterocycles. The largest absolute Gasteiger partial charge is 0.478 e. The van der Waals surface area contributed by atoms with Crippen molar-refractivity contribution in [2.75, 3.05) is 5.32 Å². The van der Waals surface area contributed by atoms with Gasteiger partial charge in [-0.25, -0.2) is 9.18 Å². The second-order valence-corrected chi connectivity index (χ2v) is 4.82. The van der Waals surface area contributed by atoms with Gasteiger partial charge in [0.1, 0.15) is 5.82 Å². The molecule has 0 aliphatic rings. The molecule has 2 rings (SSSR count). The maximum Gasteiger partial charge on any atom is 0.335 e. The summed E-state index contributed by atoms with van der Waals surface area (Å²) in [6.45, 7) is 1.68. The summed E-state index contributed by atoms with van der Waals surface area (Å²) in [5.74, 6) is -2.15. The quantitative estimate of drug-likeness (QED) is 0.907. The number of hydrogen-bond donors (Lipinski definition) is 2. The van der Waals surface area contributed by atoms with Crippen LogP contribution in [0.1, 0.15) is 26.3 Å². The number of nitrogens with one attached hydrogen (secondary N) is 1. The zero-order chi connectivity index (χ0) is 15.6. The SMILES string of the molecule is Cc1ccc(F)cc1C(=O)Nc1ccc(C(=O)O)cc1Cl. The molecule has 2 aromatic carbocycles. The van der Waals surface area contributed by atoms with Crippen molar-refractivity contribution >= 4 is 29.2 Å². The summed E-state index contributed by atoms with van der Waals surface area (Å²) in [4.78, 5) is 22.9. The summed E-state index contributed by atoms with van der Waals surface area (Å²) in [5, 5.41) is 11.5. The minimum absolute atomic E-state index is 0.0138. The average Bonchev–Trinajstić information content (AvgIpc) is 2.43. The number of anilines is 1. The number of aromatic carboxylic acids is 1. The van der Waals surface area contributed by atoms with Gasteiger partial charge < -0.3 is 10.4 Å². The van der Waals surface area contributed by atoms with Gasteiger partial charge in [-0.1, -0.05) is 17.7 Å². The Morgan fingerprint density at radius 1 is 1.19 bits per heavy atom. The standard InChI is InChI=1S/C15H11ClFNO3/c1-8-2-4-10(17)7-11(8)14(19)18-13-5-3-9(15(20)21)6-12(13)16/h2-7H,1H3,(H,18,19)(H,20,21). The van der Waals surface area contributed by atoms with Crippen molar-refractivity contribution in [3.8, 4) is 0 Å². The van der Waals surface area contributed by atoms with Gasteiger partial charge in [0.15, 0.2) is 0 Å². The lowest BCUT2D eigenvalue weighted by atomic mass is 10.1. The van der Waals surface area contributed by atoms with Crippen molar-refractivity contribution < 1.29 is 19.1 Å². The van der Waals surface area contributed by atoms with Crippen LogP contribution in [0.25, 0.3) is 0 Å². The molecule has 0 fully saturated rings. The molecule has 108 valence electrons. The number of rotatable bonds is 3. The third-order valence-electron chi connectivity index (χ3n) is 2.91. The van der Waals surface area contributed by atoms with E-state index in [1.165, 1.54) is 30.3 Å². The van der Waals surface area contributed by atoms with Gasteiger partial charge in [-0.2, -0.15) is 0 Å². The number of aryl methyl sites for hydroxylation is 1. The number of carbonyl (C=O) groups excluding carboxylic acids is 1. The molecule has 2 aromatic rings. The van der Waals surface area contributed by atoms with E-state index in [-0.39, 0.29) is 21.8 Å². The number of carbonyl (C=O) groups is 2. The van der Waals surface area contributed by atoms with E-state index in [1.54, 1.807) is 6.92 Å². The van der Waals surface area contributed by atoms with Crippen LogP contribution in [0.4, 0.5) is 10.1 Å². The molecule has 0 atom stereocenters. The van der Waals surface area contributed by atoms with Crippen LogP contribution in [0.5, 0.6) is 0 Å². The molecule has 0 unspecified atom stereocenters. The van der Waals surface area contributed by atoms with Crippen molar-refractivity contribution in [3.63, 3.8) is 0 Å². The lowest BCUT2D eigenvalue weighted by Crippen LogP contribution is -2.14. The molecule has 0 radical (unpaired) electrons. The fourth-order valence-electron chi connectivity index (χ4n) is 1.78. The second kappa shape index (κ2) is 5.93. The first-order chi connectivity index (χ1) is 9.88. The van der Waals surface area contributed by atoms with E-state index < -0.39 is 17.7 Å². The van der Waals surface area contributed by atoms with E-state index in [2.05, 4.69) is 5.32 Å². The van der Waals surface area contributed by atoms with Gasteiger partial charge >= 0.3 is 5.97 Å². The predicted octanol–water partition coefficient (Wildman–Crippen LogP) is 3.74. The molecule has 6 heteroatoms. The fraction of sp³-hybridized carbons (Fsp3) is 0.0667. The maximum absolute atomic E-state index is 13.2. The number of carboxylic acids is 1. The first kappa shape index (κ1) is 15.0. The summed E-state index contributed by atoms with van der Waals surface area (Å²) in [6.07, 6.45) is 0. The van der Waals surface area contributed by atoms with Crippen molar-refractivity contribution in [1.82, 2.24) is 0 Å². The summed E-state index contributed by atoms with van der Waals surface area (Å²) in [7, 11) is 0. The summed E-state index contributed by atoms with van der Waals surface area (Å²) in [6, 6.07) is 7.84. The van der Waals surface area contributed by atoms with Crippen LogP contribution >= 0.6 is 11.6 Å². The number of hydrogen-bond acceptors (Lipinski definition) is 2. The molecule has 4 nitrogen and oxygen atoms in total. The molecular formula is C15H11ClFNO3. The smallest absolute Gasteiger partial charge is 0.335 e. The average molecular weight is 308 g/mol. The summed E-state index contributed by atoms with van der Waals surface area (Å²) < 4.78 is 13.2. The lowest BCUT2D eigenvalue weighted by molar-refractivity contribution is 0.0696. The fourth-order valence-corrected chi connectivity index (χ4v) is 2.01. The number of carboxylic acid groups (broad SMARTS) is 1. The molecule has 0 saturated carbocycles. The molecule has 0 bridgehead atoms. The highest BCUT2D eigenvalue weighted by atomic mass is 35.5. The van der Waals surface area contributed by atoms with Gasteiger partial charge in [-0.05, 0) is 42.8 Å².